The van der Waals surface area contributed by atoms with Crippen molar-refractivity contribution in [2.75, 3.05) is 10.6 Å². The highest BCUT2D eigenvalue weighted by Gasteiger charge is 2.05. The zero-order valence-electron chi connectivity index (χ0n) is 11.0. The van der Waals surface area contributed by atoms with Gasteiger partial charge in [0.2, 0.25) is 11.8 Å². The monoisotopic (exact) mass is 270 g/mol. The van der Waals surface area contributed by atoms with Gasteiger partial charge in [-0.2, -0.15) is 5.10 Å². The van der Waals surface area contributed by atoms with Gasteiger partial charge in [0.1, 0.15) is 0 Å². The maximum Gasteiger partial charge on any atom is 0.229 e. The maximum atomic E-state index is 11.8. The summed E-state index contributed by atoms with van der Waals surface area (Å²) in [4.78, 5) is 22.7. The van der Waals surface area contributed by atoms with Crippen LogP contribution in [0.5, 0.6) is 0 Å². The molecule has 102 valence electrons. The molecule has 0 bridgehead atoms. The second kappa shape index (κ2) is 6.42. The van der Waals surface area contributed by atoms with Crippen LogP contribution < -0.4 is 10.6 Å². The second-order valence-corrected chi connectivity index (χ2v) is 4.21. The molecule has 0 saturated heterocycles. The predicted molar refractivity (Wildman–Crippen MR) is 75.1 cm³/mol. The van der Waals surface area contributed by atoms with Crippen LogP contribution in [-0.2, 0) is 16.0 Å². The van der Waals surface area contributed by atoms with E-state index in [1.54, 1.807) is 36.4 Å². The highest BCUT2D eigenvalue weighted by atomic mass is 16.2. The Balaban J connectivity index is 1.93. The molecule has 0 aliphatic rings. The summed E-state index contributed by atoms with van der Waals surface area (Å²) in [5.74, 6) is 0.128. The van der Waals surface area contributed by atoms with Crippen LogP contribution in [0.25, 0.3) is 0 Å². The minimum Gasteiger partial charge on any atom is -0.326 e. The largest absolute Gasteiger partial charge is 0.326 e. The smallest absolute Gasteiger partial charge is 0.229 e. The lowest BCUT2D eigenvalue weighted by Gasteiger charge is -2.05. The predicted octanol–water partition coefficient (Wildman–Crippen LogP) is 1.62. The number of rotatable bonds is 4. The summed E-state index contributed by atoms with van der Waals surface area (Å²) in [5.41, 5.74) is 1.55. The number of aromatic nitrogens is 2. The third-order valence-electron chi connectivity index (χ3n) is 2.48. The molecule has 2 rings (SSSR count). The first-order valence-corrected chi connectivity index (χ1v) is 6.07. The molecular formula is C14H14N4O2. The fourth-order valence-electron chi connectivity index (χ4n) is 1.65. The number of hydrogen-bond acceptors (Lipinski definition) is 4. The van der Waals surface area contributed by atoms with Crippen molar-refractivity contribution >= 4 is 23.3 Å². The minimum atomic E-state index is -0.169. The molecule has 2 N–H and O–H groups in total. The van der Waals surface area contributed by atoms with Gasteiger partial charge in [0.05, 0.1) is 6.42 Å². The average molecular weight is 270 g/mol. The van der Waals surface area contributed by atoms with Crippen molar-refractivity contribution in [3.05, 3.63) is 48.2 Å². The molecule has 1 heterocycles. The van der Waals surface area contributed by atoms with Gasteiger partial charge in [-0.3, -0.25) is 9.59 Å². The van der Waals surface area contributed by atoms with Gasteiger partial charge < -0.3 is 10.6 Å². The second-order valence-electron chi connectivity index (χ2n) is 4.21. The summed E-state index contributed by atoms with van der Waals surface area (Å²) in [6.07, 6.45) is 1.77. The van der Waals surface area contributed by atoms with E-state index >= 15 is 0 Å². The molecule has 2 aromatic rings. The van der Waals surface area contributed by atoms with Gasteiger partial charge in [0.25, 0.3) is 0 Å². The van der Waals surface area contributed by atoms with Crippen molar-refractivity contribution in [2.45, 2.75) is 13.3 Å². The van der Waals surface area contributed by atoms with Gasteiger partial charge in [0.15, 0.2) is 5.82 Å². The van der Waals surface area contributed by atoms with Crippen LogP contribution in [-0.4, -0.2) is 22.0 Å². The summed E-state index contributed by atoms with van der Waals surface area (Å²) >= 11 is 0. The van der Waals surface area contributed by atoms with E-state index in [4.69, 9.17) is 0 Å². The van der Waals surface area contributed by atoms with Crippen LogP contribution in [0.3, 0.4) is 0 Å². The van der Waals surface area contributed by atoms with Crippen molar-refractivity contribution in [1.29, 1.82) is 0 Å². The van der Waals surface area contributed by atoms with Gasteiger partial charge >= 0.3 is 0 Å². The van der Waals surface area contributed by atoms with Gasteiger partial charge in [-0.15, -0.1) is 5.10 Å². The molecule has 6 heteroatoms. The Bertz CT molecular complexity index is 596. The summed E-state index contributed by atoms with van der Waals surface area (Å²) < 4.78 is 0. The third kappa shape index (κ3) is 4.16. The molecule has 0 unspecified atom stereocenters. The van der Waals surface area contributed by atoms with Gasteiger partial charge in [0, 0.05) is 18.8 Å². The molecule has 6 nitrogen and oxygen atoms in total. The first-order valence-electron chi connectivity index (χ1n) is 6.07. The molecule has 0 aliphatic heterocycles. The van der Waals surface area contributed by atoms with E-state index in [0.29, 0.717) is 11.5 Å². The third-order valence-corrected chi connectivity index (χ3v) is 2.48. The zero-order chi connectivity index (χ0) is 14.4. The van der Waals surface area contributed by atoms with E-state index in [-0.39, 0.29) is 18.2 Å². The Morgan fingerprint density at radius 3 is 2.45 bits per heavy atom. The summed E-state index contributed by atoms with van der Waals surface area (Å²) in [6.45, 7) is 1.45. The number of anilines is 2. The van der Waals surface area contributed by atoms with E-state index in [1.807, 2.05) is 0 Å². The Hall–Kier alpha value is -2.76. The summed E-state index contributed by atoms with van der Waals surface area (Å²) in [5, 5.41) is 12.8. The molecule has 0 radical (unpaired) electrons. The lowest BCUT2D eigenvalue weighted by Crippen LogP contribution is -2.15. The van der Waals surface area contributed by atoms with E-state index in [0.717, 1.165) is 5.56 Å². The van der Waals surface area contributed by atoms with Crippen molar-refractivity contribution in [3.63, 3.8) is 0 Å². The number of hydrogen-bond donors (Lipinski definition) is 2. The van der Waals surface area contributed by atoms with E-state index in [9.17, 15) is 9.59 Å². The number of carbonyl (C=O) groups excluding carboxylic acids is 2. The first kappa shape index (κ1) is 13.7. The van der Waals surface area contributed by atoms with Crippen LogP contribution in [0, 0.1) is 0 Å². The molecule has 0 fully saturated rings. The maximum absolute atomic E-state index is 11.8. The SMILES string of the molecule is CC(=O)Nc1ccc(CC(=O)Nc2cccnn2)cc1. The minimum absolute atomic E-state index is 0.127. The van der Waals surface area contributed by atoms with Crippen molar-refractivity contribution in [3.8, 4) is 0 Å². The van der Waals surface area contributed by atoms with Crippen molar-refractivity contribution < 1.29 is 9.59 Å². The number of amides is 2. The Morgan fingerprint density at radius 1 is 1.10 bits per heavy atom. The van der Waals surface area contributed by atoms with Gasteiger partial charge in [-0.1, -0.05) is 12.1 Å². The summed E-state index contributed by atoms with van der Waals surface area (Å²) in [7, 11) is 0. The zero-order valence-corrected chi connectivity index (χ0v) is 11.0. The molecule has 1 aromatic carbocycles. The molecule has 2 amide bonds. The lowest BCUT2D eigenvalue weighted by atomic mass is 10.1. The normalized spacial score (nSPS) is 9.85. The standard InChI is InChI=1S/C14H14N4O2/c1-10(19)16-12-6-4-11(5-7-12)9-14(20)17-13-3-2-8-15-18-13/h2-8H,9H2,1H3,(H,16,19)(H,17,18,20). The van der Waals surface area contributed by atoms with E-state index < -0.39 is 0 Å². The van der Waals surface area contributed by atoms with Crippen molar-refractivity contribution in [1.82, 2.24) is 10.2 Å². The van der Waals surface area contributed by atoms with E-state index in [1.165, 1.54) is 13.1 Å². The fourth-order valence-corrected chi connectivity index (χ4v) is 1.65. The van der Waals surface area contributed by atoms with Crippen LogP contribution in [0.2, 0.25) is 0 Å². The molecule has 20 heavy (non-hydrogen) atoms. The molecular weight excluding hydrogens is 256 g/mol. The van der Waals surface area contributed by atoms with Crippen molar-refractivity contribution in [2.24, 2.45) is 0 Å². The number of carbonyl (C=O) groups is 2. The first-order chi connectivity index (χ1) is 9.63. The Labute approximate surface area is 116 Å². The quantitative estimate of drug-likeness (QED) is 0.884. The van der Waals surface area contributed by atoms with Gasteiger partial charge in [-0.05, 0) is 29.8 Å². The highest BCUT2D eigenvalue weighted by Crippen LogP contribution is 2.10. The number of benzene rings is 1. The molecule has 1 aromatic heterocycles. The van der Waals surface area contributed by atoms with Crippen LogP contribution in [0.1, 0.15) is 12.5 Å². The lowest BCUT2D eigenvalue weighted by molar-refractivity contribution is -0.116. The topological polar surface area (TPSA) is 84.0 Å². The fraction of sp³-hybridized carbons (Fsp3) is 0.143. The Morgan fingerprint density at radius 2 is 1.85 bits per heavy atom. The summed E-state index contributed by atoms with van der Waals surface area (Å²) in [6, 6.07) is 10.5. The Kier molecular flexibility index (Phi) is 4.39. The highest BCUT2D eigenvalue weighted by molar-refractivity contribution is 5.91. The molecule has 0 atom stereocenters. The van der Waals surface area contributed by atoms with Gasteiger partial charge in [-0.25, -0.2) is 0 Å². The molecule has 0 spiro atoms. The number of nitrogens with one attached hydrogen (secondary N) is 2. The van der Waals surface area contributed by atoms with Crippen LogP contribution in [0.15, 0.2) is 42.6 Å². The average Bonchev–Trinajstić information content (AvgIpc) is 2.41. The molecule has 0 aliphatic carbocycles. The number of nitrogens with zero attached hydrogens (tertiary/aromatic N) is 2. The van der Waals surface area contributed by atoms with Crippen LogP contribution in [0.4, 0.5) is 11.5 Å². The van der Waals surface area contributed by atoms with E-state index in [2.05, 4.69) is 20.8 Å². The molecule has 0 saturated carbocycles. The van der Waals surface area contributed by atoms with Crippen LogP contribution >= 0.6 is 0 Å².